The maximum Gasteiger partial charge on any atom is 0.257 e. The summed E-state index contributed by atoms with van der Waals surface area (Å²) >= 11 is 0. The maximum atomic E-state index is 9.82. The summed E-state index contributed by atoms with van der Waals surface area (Å²) in [6, 6.07) is 0. The van der Waals surface area contributed by atoms with Crippen LogP contribution < -0.4 is 0 Å². The number of thiol groups is 1. The summed E-state index contributed by atoms with van der Waals surface area (Å²) in [6.07, 6.45) is -1.40. The molecule has 0 heterocycles. The smallest absolute Gasteiger partial charge is 0.257 e. The van der Waals surface area contributed by atoms with Crippen LogP contribution in [-0.4, -0.2) is 25.7 Å². The zero-order valence-corrected chi connectivity index (χ0v) is 6.17. The molecule has 0 fully saturated rings. The van der Waals surface area contributed by atoms with Gasteiger partial charge in [0.1, 0.15) is 0 Å². The van der Waals surface area contributed by atoms with Gasteiger partial charge in [-0.1, -0.05) is 0 Å². The Morgan fingerprint density at radius 2 is 1.89 bits per heavy atom. The zero-order valence-electron chi connectivity index (χ0n) is 5.27. The van der Waals surface area contributed by atoms with E-state index in [0.29, 0.717) is 0 Å². The van der Waals surface area contributed by atoms with Crippen LogP contribution in [0, 0.1) is 0 Å². The minimum absolute atomic E-state index is 0.647. The second kappa shape index (κ2) is 3.81. The van der Waals surface area contributed by atoms with Gasteiger partial charge in [0, 0.05) is 0 Å². The fraction of sp³-hybridized carbons (Fsp3) is 1.00. The lowest BCUT2D eigenvalue weighted by Gasteiger charge is -2.09. The van der Waals surface area contributed by atoms with Crippen molar-refractivity contribution < 1.29 is 17.7 Å². The molecule has 0 rings (SSSR count). The molecule has 0 saturated carbocycles. The molecule has 0 bridgehead atoms. The molecular formula is C4H10O4S. The standard InChI is InChI=1S/C4H10O4S/c1-3(5)4(2)8-9(6)7/h3-5,9H,1-2H3. The van der Waals surface area contributed by atoms with Crippen molar-refractivity contribution in [3.05, 3.63) is 0 Å². The quantitative estimate of drug-likeness (QED) is 0.527. The molecule has 0 amide bonds. The predicted octanol–water partition coefficient (Wildman–Crippen LogP) is -0.701. The Kier molecular flexibility index (Phi) is 3.76. The van der Waals surface area contributed by atoms with E-state index < -0.39 is 23.2 Å². The van der Waals surface area contributed by atoms with Gasteiger partial charge in [-0.25, -0.2) is 8.42 Å². The molecule has 5 heteroatoms. The lowest BCUT2D eigenvalue weighted by molar-refractivity contribution is 0.0679. The number of hydrogen-bond donors (Lipinski definition) is 2. The van der Waals surface area contributed by atoms with Crippen LogP contribution in [0.15, 0.2) is 0 Å². The van der Waals surface area contributed by atoms with Crippen LogP contribution in [0.1, 0.15) is 13.8 Å². The van der Waals surface area contributed by atoms with Crippen LogP contribution in [0.3, 0.4) is 0 Å². The summed E-state index contributed by atoms with van der Waals surface area (Å²) in [7, 11) is -2.83. The van der Waals surface area contributed by atoms with Gasteiger partial charge in [0.2, 0.25) is 0 Å². The van der Waals surface area contributed by atoms with Crippen molar-refractivity contribution in [2.24, 2.45) is 0 Å². The zero-order chi connectivity index (χ0) is 7.44. The van der Waals surface area contributed by atoms with Gasteiger partial charge in [-0.3, -0.25) is 4.18 Å². The van der Waals surface area contributed by atoms with Gasteiger partial charge < -0.3 is 5.11 Å². The fourth-order valence-corrected chi connectivity index (χ4v) is 0.671. The molecule has 0 radical (unpaired) electrons. The van der Waals surface area contributed by atoms with Crippen LogP contribution in [0.5, 0.6) is 0 Å². The van der Waals surface area contributed by atoms with Gasteiger partial charge in [-0.2, -0.15) is 0 Å². The van der Waals surface area contributed by atoms with Crippen LogP contribution in [0.4, 0.5) is 0 Å². The molecule has 0 spiro atoms. The minimum Gasteiger partial charge on any atom is -0.391 e. The molecule has 0 aromatic heterocycles. The van der Waals surface area contributed by atoms with E-state index in [1.54, 1.807) is 0 Å². The van der Waals surface area contributed by atoms with Gasteiger partial charge in [0.25, 0.3) is 11.0 Å². The second-order valence-electron chi connectivity index (χ2n) is 1.77. The number of rotatable bonds is 3. The molecule has 0 aromatic carbocycles. The van der Waals surface area contributed by atoms with Crippen LogP contribution in [0.2, 0.25) is 0 Å². The molecular weight excluding hydrogens is 144 g/mol. The molecule has 0 aromatic rings. The fourth-order valence-electron chi connectivity index (χ4n) is 0.224. The molecule has 0 aliphatic heterocycles. The molecule has 56 valence electrons. The largest absolute Gasteiger partial charge is 0.391 e. The Labute approximate surface area is 55.6 Å². The molecule has 0 aliphatic rings. The van der Waals surface area contributed by atoms with Crippen LogP contribution >= 0.6 is 0 Å². The highest BCUT2D eigenvalue weighted by Gasteiger charge is 2.08. The topological polar surface area (TPSA) is 63.6 Å². The van der Waals surface area contributed by atoms with Crippen molar-refractivity contribution >= 4 is 11.0 Å². The first kappa shape index (κ1) is 8.87. The van der Waals surface area contributed by atoms with Crippen molar-refractivity contribution in [3.63, 3.8) is 0 Å². The number of aliphatic hydroxyl groups excluding tert-OH is 1. The third kappa shape index (κ3) is 4.38. The van der Waals surface area contributed by atoms with Gasteiger partial charge in [-0.05, 0) is 13.8 Å². The highest BCUT2D eigenvalue weighted by molar-refractivity contribution is 7.67. The van der Waals surface area contributed by atoms with Crippen molar-refractivity contribution in [2.75, 3.05) is 0 Å². The van der Waals surface area contributed by atoms with Gasteiger partial charge >= 0.3 is 0 Å². The van der Waals surface area contributed by atoms with E-state index in [9.17, 15) is 8.42 Å². The Balaban J connectivity index is 3.63. The van der Waals surface area contributed by atoms with E-state index >= 15 is 0 Å². The van der Waals surface area contributed by atoms with Gasteiger partial charge in [0.15, 0.2) is 0 Å². The molecule has 4 nitrogen and oxygen atoms in total. The van der Waals surface area contributed by atoms with Gasteiger partial charge in [-0.15, -0.1) is 0 Å². The normalized spacial score (nSPS) is 17.8. The SMILES string of the molecule is CC(O)C(C)O[SH](=O)=O. The van der Waals surface area contributed by atoms with Gasteiger partial charge in [0.05, 0.1) is 12.2 Å². The number of aliphatic hydroxyl groups is 1. The highest BCUT2D eigenvalue weighted by atomic mass is 32.2. The Morgan fingerprint density at radius 3 is 2.00 bits per heavy atom. The predicted molar refractivity (Wildman–Crippen MR) is 32.5 cm³/mol. The highest BCUT2D eigenvalue weighted by Crippen LogP contribution is 1.95. The van der Waals surface area contributed by atoms with Crippen LogP contribution in [-0.2, 0) is 15.2 Å². The first-order valence-corrected chi connectivity index (χ1v) is 3.63. The maximum absolute atomic E-state index is 9.82. The monoisotopic (exact) mass is 154 g/mol. The lowest BCUT2D eigenvalue weighted by Crippen LogP contribution is -2.21. The van der Waals surface area contributed by atoms with E-state index in [2.05, 4.69) is 4.18 Å². The summed E-state index contributed by atoms with van der Waals surface area (Å²) in [5.74, 6) is 0. The molecule has 0 saturated heterocycles. The second-order valence-corrected chi connectivity index (χ2v) is 2.43. The van der Waals surface area contributed by atoms with Crippen molar-refractivity contribution in [3.8, 4) is 0 Å². The summed E-state index contributed by atoms with van der Waals surface area (Å²) in [5, 5.41) is 8.68. The molecule has 2 unspecified atom stereocenters. The molecule has 1 N–H and O–H groups in total. The van der Waals surface area contributed by atoms with Crippen molar-refractivity contribution in [1.29, 1.82) is 0 Å². The van der Waals surface area contributed by atoms with Crippen molar-refractivity contribution in [2.45, 2.75) is 26.1 Å². The summed E-state index contributed by atoms with van der Waals surface area (Å²) in [4.78, 5) is 0. The Hall–Kier alpha value is -0.130. The van der Waals surface area contributed by atoms with E-state index in [-0.39, 0.29) is 0 Å². The summed E-state index contributed by atoms with van der Waals surface area (Å²) < 4.78 is 23.9. The average Bonchev–Trinajstić information content (AvgIpc) is 1.63. The lowest BCUT2D eigenvalue weighted by atomic mass is 10.3. The number of hydrogen-bond acceptors (Lipinski definition) is 4. The first-order valence-electron chi connectivity index (χ1n) is 2.53. The first-order chi connectivity index (χ1) is 4.04. The van der Waals surface area contributed by atoms with Crippen LogP contribution in [0.25, 0.3) is 0 Å². The third-order valence-corrected chi connectivity index (χ3v) is 1.44. The molecule has 9 heavy (non-hydrogen) atoms. The summed E-state index contributed by atoms with van der Waals surface area (Å²) in [5.41, 5.74) is 0. The van der Waals surface area contributed by atoms with E-state index in [0.717, 1.165) is 0 Å². The average molecular weight is 154 g/mol. The summed E-state index contributed by atoms with van der Waals surface area (Å²) in [6.45, 7) is 2.94. The van der Waals surface area contributed by atoms with E-state index in [4.69, 9.17) is 5.11 Å². The third-order valence-electron chi connectivity index (χ3n) is 0.932. The van der Waals surface area contributed by atoms with Crippen molar-refractivity contribution in [1.82, 2.24) is 0 Å². The minimum atomic E-state index is -2.83. The molecule has 0 aliphatic carbocycles. The Bertz CT molecular complexity index is 132. The van der Waals surface area contributed by atoms with E-state index in [1.165, 1.54) is 13.8 Å². The molecule has 2 atom stereocenters. The Morgan fingerprint density at radius 1 is 1.44 bits per heavy atom. The van der Waals surface area contributed by atoms with E-state index in [1.807, 2.05) is 0 Å².